The van der Waals surface area contributed by atoms with Gasteiger partial charge in [-0.05, 0) is 23.6 Å². The van der Waals surface area contributed by atoms with Crippen molar-refractivity contribution in [1.82, 2.24) is 4.98 Å². The van der Waals surface area contributed by atoms with Gasteiger partial charge in [-0.3, -0.25) is 0 Å². The van der Waals surface area contributed by atoms with Crippen molar-refractivity contribution in [2.24, 2.45) is 0 Å². The van der Waals surface area contributed by atoms with E-state index in [4.69, 9.17) is 5.73 Å². The Hall–Kier alpha value is -1.57. The first-order chi connectivity index (χ1) is 5.36. The average molecular weight is 143 g/mol. The molecule has 1 radical (unpaired) electrons. The molecule has 1 aromatic carbocycles. The van der Waals surface area contributed by atoms with Crippen molar-refractivity contribution in [2.45, 2.75) is 0 Å². The number of nitrogens with two attached hydrogens (primary N) is 1. The van der Waals surface area contributed by atoms with Crippen LogP contribution >= 0.6 is 0 Å². The van der Waals surface area contributed by atoms with Crippen LogP contribution in [0.15, 0.2) is 30.5 Å². The average Bonchev–Trinajstić information content (AvgIpc) is 2.04. The monoisotopic (exact) mass is 143 g/mol. The first kappa shape index (κ1) is 6.16. The van der Waals surface area contributed by atoms with Gasteiger partial charge in [-0.15, -0.1) is 0 Å². The molecule has 11 heavy (non-hydrogen) atoms. The third-order valence-corrected chi connectivity index (χ3v) is 1.59. The summed E-state index contributed by atoms with van der Waals surface area (Å²) >= 11 is 0. The van der Waals surface area contributed by atoms with Crippen molar-refractivity contribution in [3.05, 3.63) is 36.5 Å². The van der Waals surface area contributed by atoms with Crippen LogP contribution in [0, 0.1) is 6.07 Å². The molecule has 2 aromatic rings. The van der Waals surface area contributed by atoms with Crippen LogP contribution in [-0.2, 0) is 0 Å². The molecule has 0 spiro atoms. The summed E-state index contributed by atoms with van der Waals surface area (Å²) in [6.45, 7) is 0. The van der Waals surface area contributed by atoms with Crippen molar-refractivity contribution in [2.75, 3.05) is 5.73 Å². The van der Waals surface area contributed by atoms with E-state index in [0.29, 0.717) is 5.82 Å². The highest BCUT2D eigenvalue weighted by Crippen LogP contribution is 2.13. The Morgan fingerprint density at radius 3 is 3.18 bits per heavy atom. The van der Waals surface area contributed by atoms with Crippen LogP contribution in [0.4, 0.5) is 5.82 Å². The quantitative estimate of drug-likeness (QED) is 0.608. The lowest BCUT2D eigenvalue weighted by Crippen LogP contribution is -1.87. The number of rotatable bonds is 0. The van der Waals surface area contributed by atoms with Gasteiger partial charge in [0.15, 0.2) is 0 Å². The molecule has 0 atom stereocenters. The van der Waals surface area contributed by atoms with Crippen molar-refractivity contribution in [3.63, 3.8) is 0 Å². The molecule has 0 saturated heterocycles. The van der Waals surface area contributed by atoms with Crippen LogP contribution in [0.5, 0.6) is 0 Å². The van der Waals surface area contributed by atoms with Crippen LogP contribution in [0.25, 0.3) is 10.8 Å². The Morgan fingerprint density at radius 1 is 1.36 bits per heavy atom. The molecule has 0 aliphatic rings. The molecule has 2 N–H and O–H groups in total. The smallest absolute Gasteiger partial charge is 0.123 e. The maximum Gasteiger partial charge on any atom is 0.123 e. The molecular formula is C9H7N2. The van der Waals surface area contributed by atoms with Crippen molar-refractivity contribution in [1.29, 1.82) is 0 Å². The molecule has 1 heterocycles. The topological polar surface area (TPSA) is 38.9 Å². The molecule has 0 aliphatic heterocycles. The number of fused-ring (bicyclic) bond motifs is 1. The van der Waals surface area contributed by atoms with Crippen LogP contribution in [0.1, 0.15) is 0 Å². The van der Waals surface area contributed by atoms with Crippen LogP contribution < -0.4 is 5.73 Å². The zero-order chi connectivity index (χ0) is 7.68. The minimum atomic E-state index is 0.553. The standard InChI is InChI=1S/C9H7N2/c10-9-5-7-3-1-2-4-8(7)6-11-9/h2-6H,(H2,10,11). The lowest BCUT2D eigenvalue weighted by atomic mass is 10.2. The molecule has 1 aromatic heterocycles. The van der Waals surface area contributed by atoms with Crippen LogP contribution in [0.3, 0.4) is 0 Å². The summed E-state index contributed by atoms with van der Waals surface area (Å²) in [5.41, 5.74) is 5.50. The molecular weight excluding hydrogens is 136 g/mol. The van der Waals surface area contributed by atoms with Gasteiger partial charge < -0.3 is 5.73 Å². The fourth-order valence-electron chi connectivity index (χ4n) is 1.04. The van der Waals surface area contributed by atoms with E-state index in [2.05, 4.69) is 11.1 Å². The minimum absolute atomic E-state index is 0.553. The second kappa shape index (κ2) is 2.23. The number of benzene rings is 1. The molecule has 2 heteroatoms. The largest absolute Gasteiger partial charge is 0.384 e. The van der Waals surface area contributed by atoms with E-state index in [1.165, 1.54) is 0 Å². The van der Waals surface area contributed by atoms with Crippen molar-refractivity contribution in [3.8, 4) is 0 Å². The zero-order valence-corrected chi connectivity index (χ0v) is 5.91. The minimum Gasteiger partial charge on any atom is -0.384 e. The second-order valence-corrected chi connectivity index (χ2v) is 2.38. The normalized spacial score (nSPS) is 10.2. The first-order valence-electron chi connectivity index (χ1n) is 3.37. The second-order valence-electron chi connectivity index (χ2n) is 2.38. The van der Waals surface area contributed by atoms with Gasteiger partial charge in [0.25, 0.3) is 0 Å². The molecule has 0 bridgehead atoms. The maximum absolute atomic E-state index is 5.50. The number of pyridine rings is 1. The number of hydrogen-bond acceptors (Lipinski definition) is 2. The van der Waals surface area contributed by atoms with E-state index in [1.54, 1.807) is 6.20 Å². The van der Waals surface area contributed by atoms with Crippen molar-refractivity contribution < 1.29 is 0 Å². The molecule has 0 amide bonds. The number of aromatic nitrogens is 1. The number of nitrogen functional groups attached to an aromatic ring is 1. The summed E-state index contributed by atoms with van der Waals surface area (Å²) in [6.07, 6.45) is 1.76. The fourth-order valence-corrected chi connectivity index (χ4v) is 1.04. The van der Waals surface area contributed by atoms with Gasteiger partial charge in [0, 0.05) is 11.6 Å². The molecule has 0 fully saturated rings. The van der Waals surface area contributed by atoms with E-state index in [0.717, 1.165) is 10.8 Å². The van der Waals surface area contributed by atoms with Crippen LogP contribution in [0.2, 0.25) is 0 Å². The first-order valence-corrected chi connectivity index (χ1v) is 3.37. The molecule has 2 nitrogen and oxygen atoms in total. The zero-order valence-electron chi connectivity index (χ0n) is 5.91. The van der Waals surface area contributed by atoms with Gasteiger partial charge in [-0.25, -0.2) is 4.98 Å². The Labute approximate surface area is 64.7 Å². The summed E-state index contributed by atoms with van der Waals surface area (Å²) in [7, 11) is 0. The number of hydrogen-bond donors (Lipinski definition) is 1. The van der Waals surface area contributed by atoms with E-state index in [1.807, 2.05) is 24.3 Å². The Balaban J connectivity index is 2.83. The van der Waals surface area contributed by atoms with Gasteiger partial charge in [0.1, 0.15) is 5.82 Å². The van der Waals surface area contributed by atoms with E-state index >= 15 is 0 Å². The van der Waals surface area contributed by atoms with Crippen LogP contribution in [-0.4, -0.2) is 4.98 Å². The maximum atomic E-state index is 5.50. The van der Waals surface area contributed by atoms with Crippen molar-refractivity contribution >= 4 is 16.6 Å². The van der Waals surface area contributed by atoms with Gasteiger partial charge in [0.2, 0.25) is 0 Å². The summed E-state index contributed by atoms with van der Waals surface area (Å²) in [4.78, 5) is 3.97. The van der Waals surface area contributed by atoms with E-state index in [-0.39, 0.29) is 0 Å². The molecule has 2 rings (SSSR count). The Bertz CT molecular complexity index is 382. The highest BCUT2D eigenvalue weighted by atomic mass is 14.8. The van der Waals surface area contributed by atoms with Gasteiger partial charge in [0.05, 0.1) is 0 Å². The molecule has 0 unspecified atom stereocenters. The number of anilines is 1. The molecule has 53 valence electrons. The predicted octanol–water partition coefficient (Wildman–Crippen LogP) is 1.62. The van der Waals surface area contributed by atoms with Gasteiger partial charge in [-0.1, -0.05) is 12.1 Å². The Kier molecular flexibility index (Phi) is 1.25. The van der Waals surface area contributed by atoms with E-state index < -0.39 is 0 Å². The summed E-state index contributed by atoms with van der Waals surface area (Å²) in [6, 6.07) is 10.5. The van der Waals surface area contributed by atoms with Gasteiger partial charge >= 0.3 is 0 Å². The highest BCUT2D eigenvalue weighted by Gasteiger charge is 1.91. The molecule has 0 aliphatic carbocycles. The lowest BCUT2D eigenvalue weighted by Gasteiger charge is -1.95. The summed E-state index contributed by atoms with van der Waals surface area (Å²) in [5.74, 6) is 0.553. The van der Waals surface area contributed by atoms with Gasteiger partial charge in [-0.2, -0.15) is 0 Å². The number of nitrogens with zero attached hydrogens (tertiary/aromatic N) is 1. The third kappa shape index (κ3) is 1.03. The Morgan fingerprint density at radius 2 is 2.27 bits per heavy atom. The SMILES string of the molecule is Nc1cc2c[c]ccc2cn1. The molecule has 0 saturated carbocycles. The fraction of sp³-hybridized carbons (Fsp3) is 0. The predicted molar refractivity (Wildman–Crippen MR) is 45.0 cm³/mol. The summed E-state index contributed by atoms with van der Waals surface area (Å²) in [5, 5.41) is 2.18. The highest BCUT2D eigenvalue weighted by molar-refractivity contribution is 5.83. The third-order valence-electron chi connectivity index (χ3n) is 1.59. The van der Waals surface area contributed by atoms with E-state index in [9.17, 15) is 0 Å². The lowest BCUT2D eigenvalue weighted by molar-refractivity contribution is 1.37. The summed E-state index contributed by atoms with van der Waals surface area (Å²) < 4.78 is 0.